The molecule has 1 amide bonds. The molecule has 1 N–H and O–H groups in total. The molecule has 0 radical (unpaired) electrons. The molecule has 3 rings (SSSR count). The number of methoxy groups -OCH3 is 1. The van der Waals surface area contributed by atoms with Gasteiger partial charge in [-0.2, -0.15) is 0 Å². The van der Waals surface area contributed by atoms with Crippen LogP contribution in [0.3, 0.4) is 0 Å². The van der Waals surface area contributed by atoms with Gasteiger partial charge in [0.15, 0.2) is 0 Å². The van der Waals surface area contributed by atoms with Gasteiger partial charge in [-0.15, -0.1) is 11.3 Å². The number of hydrogen-bond donors (Lipinski definition) is 1. The van der Waals surface area contributed by atoms with Crippen molar-refractivity contribution in [2.75, 3.05) is 12.4 Å². The third-order valence-electron chi connectivity index (χ3n) is 4.45. The maximum Gasteiger partial charge on any atom is 0.341 e. The number of thiophene rings is 1. The molecule has 0 fully saturated rings. The number of carbonyl (C=O) groups excluding carboxylic acids is 2. The normalized spacial score (nSPS) is 13.9. The number of ether oxygens (including phenoxy) is 1. The number of aryl methyl sites for hydroxylation is 1. The van der Waals surface area contributed by atoms with Gasteiger partial charge < -0.3 is 10.1 Å². The van der Waals surface area contributed by atoms with Gasteiger partial charge in [0.05, 0.1) is 12.7 Å². The van der Waals surface area contributed by atoms with E-state index in [0.29, 0.717) is 26.2 Å². The van der Waals surface area contributed by atoms with Crippen LogP contribution in [0.2, 0.25) is 10.0 Å². The van der Waals surface area contributed by atoms with E-state index in [4.69, 9.17) is 27.9 Å². The molecule has 1 heterocycles. The molecule has 0 spiro atoms. The van der Waals surface area contributed by atoms with E-state index in [0.717, 1.165) is 42.5 Å². The first-order valence-electron chi connectivity index (χ1n) is 8.67. The monoisotopic (exact) mass is 423 g/mol. The first-order chi connectivity index (χ1) is 13.0. The van der Waals surface area contributed by atoms with E-state index in [-0.39, 0.29) is 5.91 Å². The fraction of sp³-hybridized carbons (Fsp3) is 0.300. The molecule has 0 saturated heterocycles. The lowest BCUT2D eigenvalue weighted by Crippen LogP contribution is -2.12. The average molecular weight is 424 g/mol. The Hall–Kier alpha value is -1.82. The zero-order valence-corrected chi connectivity index (χ0v) is 17.1. The summed E-state index contributed by atoms with van der Waals surface area (Å²) < 4.78 is 4.95. The van der Waals surface area contributed by atoms with Crippen molar-refractivity contribution < 1.29 is 14.3 Å². The number of carbonyl (C=O) groups is 2. The van der Waals surface area contributed by atoms with E-state index < -0.39 is 5.97 Å². The average Bonchev–Trinajstić information content (AvgIpc) is 2.81. The molecular formula is C20H19Cl2NO3S. The molecular weight excluding hydrogens is 405 g/mol. The molecule has 0 saturated carbocycles. The Labute approximate surface area is 172 Å². The van der Waals surface area contributed by atoms with Crippen molar-refractivity contribution in [1.82, 2.24) is 0 Å². The minimum Gasteiger partial charge on any atom is -0.465 e. The number of halogens is 2. The summed E-state index contributed by atoms with van der Waals surface area (Å²) in [7, 11) is 1.36. The van der Waals surface area contributed by atoms with Gasteiger partial charge in [-0.25, -0.2) is 4.79 Å². The number of fused-ring (bicyclic) bond motifs is 1. The molecule has 1 aromatic heterocycles. The van der Waals surface area contributed by atoms with Crippen LogP contribution in [0.5, 0.6) is 0 Å². The second kappa shape index (κ2) is 8.91. The number of anilines is 1. The second-order valence-corrected chi connectivity index (χ2v) is 8.14. The summed E-state index contributed by atoms with van der Waals surface area (Å²) in [5, 5.41) is 4.28. The van der Waals surface area contributed by atoms with Gasteiger partial charge in [-0.05, 0) is 49.5 Å². The number of amides is 1. The van der Waals surface area contributed by atoms with E-state index in [2.05, 4.69) is 5.32 Å². The van der Waals surface area contributed by atoms with Crippen molar-refractivity contribution in [3.8, 4) is 0 Å². The SMILES string of the molecule is COC(=O)c1c(NC(=O)C=Cc2c(Cl)cccc2Cl)sc2c1CCCCC2. The Morgan fingerprint density at radius 1 is 1.15 bits per heavy atom. The van der Waals surface area contributed by atoms with Crippen molar-refractivity contribution in [2.45, 2.75) is 32.1 Å². The Kier molecular flexibility index (Phi) is 6.58. The number of esters is 1. The van der Waals surface area contributed by atoms with Gasteiger partial charge in [0.25, 0.3) is 0 Å². The molecule has 0 aliphatic heterocycles. The fourth-order valence-electron chi connectivity index (χ4n) is 3.13. The van der Waals surface area contributed by atoms with Gasteiger partial charge in [-0.3, -0.25) is 4.79 Å². The van der Waals surface area contributed by atoms with Crippen LogP contribution in [0.4, 0.5) is 5.00 Å². The molecule has 1 aromatic carbocycles. The van der Waals surface area contributed by atoms with E-state index >= 15 is 0 Å². The van der Waals surface area contributed by atoms with E-state index in [9.17, 15) is 9.59 Å². The Morgan fingerprint density at radius 3 is 2.56 bits per heavy atom. The zero-order chi connectivity index (χ0) is 19.4. The molecule has 7 heteroatoms. The smallest absolute Gasteiger partial charge is 0.341 e. The van der Waals surface area contributed by atoms with E-state index in [1.165, 1.54) is 24.5 Å². The highest BCUT2D eigenvalue weighted by atomic mass is 35.5. The highest BCUT2D eigenvalue weighted by molar-refractivity contribution is 7.17. The molecule has 0 bridgehead atoms. The van der Waals surface area contributed by atoms with Crippen LogP contribution < -0.4 is 5.32 Å². The van der Waals surface area contributed by atoms with Crippen LogP contribution in [0.25, 0.3) is 6.08 Å². The van der Waals surface area contributed by atoms with Crippen LogP contribution in [0.15, 0.2) is 24.3 Å². The highest BCUT2D eigenvalue weighted by Crippen LogP contribution is 2.38. The molecule has 0 atom stereocenters. The fourth-order valence-corrected chi connectivity index (χ4v) is 4.94. The first kappa shape index (κ1) is 19.9. The van der Waals surface area contributed by atoms with Gasteiger partial charge in [-0.1, -0.05) is 35.7 Å². The number of nitrogens with one attached hydrogen (secondary N) is 1. The summed E-state index contributed by atoms with van der Waals surface area (Å²) in [6, 6.07) is 5.15. The summed E-state index contributed by atoms with van der Waals surface area (Å²) in [6.45, 7) is 0. The van der Waals surface area contributed by atoms with Crippen molar-refractivity contribution in [1.29, 1.82) is 0 Å². The van der Waals surface area contributed by atoms with Crippen molar-refractivity contribution in [2.24, 2.45) is 0 Å². The Morgan fingerprint density at radius 2 is 1.85 bits per heavy atom. The van der Waals surface area contributed by atoms with Crippen LogP contribution in [-0.4, -0.2) is 19.0 Å². The second-order valence-electron chi connectivity index (χ2n) is 6.22. The molecule has 1 aliphatic carbocycles. The summed E-state index contributed by atoms with van der Waals surface area (Å²) >= 11 is 13.7. The number of benzene rings is 1. The maximum absolute atomic E-state index is 12.4. The van der Waals surface area contributed by atoms with Crippen LogP contribution in [-0.2, 0) is 22.4 Å². The Bertz CT molecular complexity index is 885. The predicted octanol–water partition coefficient (Wildman–Crippen LogP) is 5.76. The van der Waals surface area contributed by atoms with Gasteiger partial charge in [0.1, 0.15) is 5.00 Å². The molecule has 27 heavy (non-hydrogen) atoms. The molecule has 0 unspecified atom stereocenters. The third kappa shape index (κ3) is 4.54. The summed E-state index contributed by atoms with van der Waals surface area (Å²) in [6.07, 6.45) is 7.95. The lowest BCUT2D eigenvalue weighted by Gasteiger charge is -2.06. The minimum absolute atomic E-state index is 0.354. The van der Waals surface area contributed by atoms with Gasteiger partial charge in [0.2, 0.25) is 5.91 Å². The van der Waals surface area contributed by atoms with Crippen molar-refractivity contribution >= 4 is 57.5 Å². The lowest BCUT2D eigenvalue weighted by molar-refractivity contribution is -0.111. The number of rotatable bonds is 4. The standard InChI is InChI=1S/C20H19Cl2NO3S/c1-26-20(25)18-13-6-3-2-4-9-16(13)27-19(18)23-17(24)11-10-12-14(21)7-5-8-15(12)22/h5,7-8,10-11H,2-4,6,9H2,1H3,(H,23,24). The van der Waals surface area contributed by atoms with E-state index in [1.807, 2.05) is 0 Å². The summed E-state index contributed by atoms with van der Waals surface area (Å²) in [5.74, 6) is -0.768. The zero-order valence-electron chi connectivity index (χ0n) is 14.8. The largest absolute Gasteiger partial charge is 0.465 e. The minimum atomic E-state index is -0.414. The molecule has 2 aromatic rings. The van der Waals surface area contributed by atoms with Gasteiger partial charge >= 0.3 is 5.97 Å². The molecule has 1 aliphatic rings. The number of hydrogen-bond acceptors (Lipinski definition) is 4. The van der Waals surface area contributed by atoms with E-state index in [1.54, 1.807) is 24.3 Å². The summed E-state index contributed by atoms with van der Waals surface area (Å²) in [4.78, 5) is 25.9. The van der Waals surface area contributed by atoms with Crippen molar-refractivity contribution in [3.63, 3.8) is 0 Å². The van der Waals surface area contributed by atoms with Crippen molar-refractivity contribution in [3.05, 3.63) is 55.9 Å². The van der Waals surface area contributed by atoms with Gasteiger partial charge in [0, 0.05) is 26.6 Å². The predicted molar refractivity (Wildman–Crippen MR) is 111 cm³/mol. The topological polar surface area (TPSA) is 55.4 Å². The quantitative estimate of drug-likeness (QED) is 0.386. The Balaban J connectivity index is 1.85. The first-order valence-corrected chi connectivity index (χ1v) is 10.2. The third-order valence-corrected chi connectivity index (χ3v) is 6.32. The van der Waals surface area contributed by atoms with Crippen LogP contribution in [0, 0.1) is 0 Å². The molecule has 4 nitrogen and oxygen atoms in total. The maximum atomic E-state index is 12.4. The highest BCUT2D eigenvalue weighted by Gasteiger charge is 2.25. The lowest BCUT2D eigenvalue weighted by atomic mass is 10.1. The summed E-state index contributed by atoms with van der Waals surface area (Å²) in [5.41, 5.74) is 2.07. The van der Waals surface area contributed by atoms with Crippen LogP contribution >= 0.6 is 34.5 Å². The van der Waals surface area contributed by atoms with Crippen LogP contribution in [0.1, 0.15) is 45.6 Å². The molecule has 142 valence electrons.